The summed E-state index contributed by atoms with van der Waals surface area (Å²) in [6, 6.07) is 21.3. The number of nitro benzene ring substituents is 1. The number of benzene rings is 3. The van der Waals surface area contributed by atoms with Gasteiger partial charge in [-0.3, -0.25) is 19.7 Å². The highest BCUT2D eigenvalue weighted by Crippen LogP contribution is 2.20. The van der Waals surface area contributed by atoms with Crippen LogP contribution < -0.4 is 10.6 Å². The topological polar surface area (TPSA) is 101 Å². The van der Waals surface area contributed by atoms with Crippen LogP contribution in [0, 0.1) is 10.1 Å². The van der Waals surface area contributed by atoms with E-state index in [1.165, 1.54) is 24.3 Å². The van der Waals surface area contributed by atoms with Crippen LogP contribution in [0.2, 0.25) is 0 Å². The Morgan fingerprint density at radius 2 is 1.59 bits per heavy atom. The third-order valence-corrected chi connectivity index (χ3v) is 4.39. The van der Waals surface area contributed by atoms with Crippen molar-refractivity contribution in [2.45, 2.75) is 13.0 Å². The van der Waals surface area contributed by atoms with E-state index in [-0.39, 0.29) is 23.2 Å². The maximum absolute atomic E-state index is 12.8. The molecule has 0 fully saturated rings. The molecule has 0 aliphatic rings. The normalized spacial score (nSPS) is 11.3. The molecule has 2 N–H and O–H groups in total. The van der Waals surface area contributed by atoms with Crippen LogP contribution in [-0.4, -0.2) is 16.7 Å². The van der Waals surface area contributed by atoms with Crippen LogP contribution in [0.5, 0.6) is 0 Å². The fourth-order valence-corrected chi connectivity index (χ4v) is 2.84. The molecule has 0 aliphatic heterocycles. The molecule has 146 valence electrons. The highest BCUT2D eigenvalue weighted by atomic mass is 16.6. The molecule has 1 atom stereocenters. The third-order valence-electron chi connectivity index (χ3n) is 4.39. The van der Waals surface area contributed by atoms with E-state index in [1.807, 2.05) is 37.3 Å². The highest BCUT2D eigenvalue weighted by molar-refractivity contribution is 6.09. The molecular formula is C22H19N3O4. The summed E-state index contributed by atoms with van der Waals surface area (Å²) in [6.07, 6.45) is 0. The minimum atomic E-state index is -0.566. The molecule has 0 aromatic heterocycles. The van der Waals surface area contributed by atoms with Crippen molar-refractivity contribution in [1.29, 1.82) is 0 Å². The number of non-ortho nitro benzene ring substituents is 1. The minimum Gasteiger partial charge on any atom is -0.345 e. The first kappa shape index (κ1) is 19.8. The van der Waals surface area contributed by atoms with Crippen LogP contribution in [0.25, 0.3) is 0 Å². The maximum atomic E-state index is 12.8. The van der Waals surface area contributed by atoms with Gasteiger partial charge in [0, 0.05) is 17.7 Å². The van der Waals surface area contributed by atoms with E-state index in [4.69, 9.17) is 0 Å². The standard InChI is InChI=1S/C22H19N3O4/c1-15(16-8-3-2-4-9-16)23-22(27)19-12-5-6-13-20(19)24-21(26)17-10-7-11-18(14-17)25(28)29/h2-15H,1H3,(H,23,27)(H,24,26). The molecule has 0 bridgehead atoms. The monoisotopic (exact) mass is 389 g/mol. The Kier molecular flexibility index (Phi) is 5.99. The van der Waals surface area contributed by atoms with Gasteiger partial charge in [0.15, 0.2) is 0 Å². The van der Waals surface area contributed by atoms with Gasteiger partial charge in [-0.15, -0.1) is 0 Å². The lowest BCUT2D eigenvalue weighted by Crippen LogP contribution is -2.28. The van der Waals surface area contributed by atoms with E-state index in [9.17, 15) is 19.7 Å². The molecule has 29 heavy (non-hydrogen) atoms. The van der Waals surface area contributed by atoms with Crippen molar-refractivity contribution >= 4 is 23.2 Å². The number of rotatable bonds is 6. The quantitative estimate of drug-likeness (QED) is 0.484. The molecule has 0 heterocycles. The van der Waals surface area contributed by atoms with Crippen LogP contribution >= 0.6 is 0 Å². The van der Waals surface area contributed by atoms with Gasteiger partial charge in [-0.25, -0.2) is 0 Å². The van der Waals surface area contributed by atoms with Gasteiger partial charge >= 0.3 is 0 Å². The van der Waals surface area contributed by atoms with Gasteiger partial charge in [-0.2, -0.15) is 0 Å². The number of nitrogens with zero attached hydrogens (tertiary/aromatic N) is 1. The van der Waals surface area contributed by atoms with Crippen molar-refractivity contribution in [3.63, 3.8) is 0 Å². The second kappa shape index (κ2) is 8.79. The Hall–Kier alpha value is -4.00. The molecule has 0 spiro atoms. The molecule has 3 rings (SSSR count). The fraction of sp³-hybridized carbons (Fsp3) is 0.0909. The number of nitrogens with one attached hydrogen (secondary N) is 2. The van der Waals surface area contributed by atoms with Gasteiger partial charge in [-0.05, 0) is 30.7 Å². The number of carbonyl (C=O) groups is 2. The largest absolute Gasteiger partial charge is 0.345 e. The van der Waals surface area contributed by atoms with Gasteiger partial charge in [0.1, 0.15) is 0 Å². The van der Waals surface area contributed by atoms with Gasteiger partial charge in [0.2, 0.25) is 0 Å². The summed E-state index contributed by atoms with van der Waals surface area (Å²) < 4.78 is 0. The predicted octanol–water partition coefficient (Wildman–Crippen LogP) is 4.34. The first-order chi connectivity index (χ1) is 14.0. The van der Waals surface area contributed by atoms with Crippen molar-refractivity contribution in [1.82, 2.24) is 5.32 Å². The molecular weight excluding hydrogens is 370 g/mol. The Bertz CT molecular complexity index is 1050. The van der Waals surface area contributed by atoms with Crippen LogP contribution in [0.1, 0.15) is 39.2 Å². The van der Waals surface area contributed by atoms with E-state index < -0.39 is 10.8 Å². The van der Waals surface area contributed by atoms with Crippen LogP contribution in [-0.2, 0) is 0 Å². The van der Waals surface area contributed by atoms with Crippen LogP contribution in [0.3, 0.4) is 0 Å². The fourth-order valence-electron chi connectivity index (χ4n) is 2.84. The highest BCUT2D eigenvalue weighted by Gasteiger charge is 2.17. The molecule has 1 unspecified atom stereocenters. The second-order valence-electron chi connectivity index (χ2n) is 6.41. The first-order valence-corrected chi connectivity index (χ1v) is 8.96. The van der Waals surface area contributed by atoms with E-state index in [1.54, 1.807) is 24.3 Å². The van der Waals surface area contributed by atoms with Gasteiger partial charge in [0.05, 0.1) is 22.2 Å². The predicted molar refractivity (Wildman–Crippen MR) is 110 cm³/mol. The third kappa shape index (κ3) is 4.84. The first-order valence-electron chi connectivity index (χ1n) is 8.96. The molecule has 0 saturated carbocycles. The summed E-state index contributed by atoms with van der Waals surface area (Å²) in [6.45, 7) is 1.87. The second-order valence-corrected chi connectivity index (χ2v) is 6.41. The Morgan fingerprint density at radius 3 is 2.31 bits per heavy atom. The number of hydrogen-bond acceptors (Lipinski definition) is 4. The molecule has 7 nitrogen and oxygen atoms in total. The summed E-state index contributed by atoms with van der Waals surface area (Å²) in [5.74, 6) is -0.874. The Balaban J connectivity index is 1.78. The van der Waals surface area contributed by atoms with Crippen molar-refractivity contribution in [3.05, 3.63) is 106 Å². The maximum Gasteiger partial charge on any atom is 0.270 e. The molecule has 3 aromatic rings. The molecule has 0 radical (unpaired) electrons. The summed E-state index contributed by atoms with van der Waals surface area (Å²) in [5, 5.41) is 16.5. The molecule has 0 saturated heterocycles. The number of carbonyl (C=O) groups excluding carboxylic acids is 2. The number of hydrogen-bond donors (Lipinski definition) is 2. The average Bonchev–Trinajstić information content (AvgIpc) is 2.74. The van der Waals surface area contributed by atoms with Gasteiger partial charge in [0.25, 0.3) is 17.5 Å². The zero-order chi connectivity index (χ0) is 20.8. The lowest BCUT2D eigenvalue weighted by atomic mass is 10.1. The van der Waals surface area contributed by atoms with Crippen LogP contribution in [0.15, 0.2) is 78.9 Å². The number of anilines is 1. The number of para-hydroxylation sites is 1. The molecule has 0 aliphatic carbocycles. The molecule has 3 aromatic carbocycles. The summed E-state index contributed by atoms with van der Waals surface area (Å²) >= 11 is 0. The van der Waals surface area contributed by atoms with Gasteiger partial charge in [-0.1, -0.05) is 48.5 Å². The SMILES string of the molecule is CC(NC(=O)c1ccccc1NC(=O)c1cccc([N+](=O)[O-])c1)c1ccccc1. The van der Waals surface area contributed by atoms with E-state index in [0.717, 1.165) is 5.56 Å². The van der Waals surface area contributed by atoms with Gasteiger partial charge < -0.3 is 10.6 Å². The lowest BCUT2D eigenvalue weighted by Gasteiger charge is -2.16. The van der Waals surface area contributed by atoms with E-state index in [2.05, 4.69) is 10.6 Å². The van der Waals surface area contributed by atoms with E-state index in [0.29, 0.717) is 11.3 Å². The minimum absolute atomic E-state index is 0.132. The average molecular weight is 389 g/mol. The zero-order valence-corrected chi connectivity index (χ0v) is 15.7. The van der Waals surface area contributed by atoms with Crippen molar-refractivity contribution < 1.29 is 14.5 Å². The smallest absolute Gasteiger partial charge is 0.270 e. The van der Waals surface area contributed by atoms with Crippen LogP contribution in [0.4, 0.5) is 11.4 Å². The summed E-state index contributed by atoms with van der Waals surface area (Å²) in [5.41, 5.74) is 1.53. The lowest BCUT2D eigenvalue weighted by molar-refractivity contribution is -0.384. The molecule has 2 amide bonds. The van der Waals surface area contributed by atoms with Crippen molar-refractivity contribution in [3.8, 4) is 0 Å². The Morgan fingerprint density at radius 1 is 0.897 bits per heavy atom. The summed E-state index contributed by atoms with van der Waals surface area (Å²) in [7, 11) is 0. The number of nitro groups is 1. The number of amides is 2. The Labute approximate surface area is 167 Å². The summed E-state index contributed by atoms with van der Waals surface area (Å²) in [4.78, 5) is 35.7. The van der Waals surface area contributed by atoms with Crippen molar-refractivity contribution in [2.75, 3.05) is 5.32 Å². The zero-order valence-electron chi connectivity index (χ0n) is 15.7. The van der Waals surface area contributed by atoms with Crippen molar-refractivity contribution in [2.24, 2.45) is 0 Å². The molecule has 7 heteroatoms. The van der Waals surface area contributed by atoms with E-state index >= 15 is 0 Å².